The van der Waals surface area contributed by atoms with E-state index < -0.39 is 30.1 Å². The smallest absolute Gasteiger partial charge is 0.408 e. The van der Waals surface area contributed by atoms with Crippen LogP contribution >= 0.6 is 0 Å². The largest absolute Gasteiger partial charge is 0.480 e. The zero-order chi connectivity index (χ0) is 13.2. The molecule has 8 heteroatoms. The highest BCUT2D eigenvalue weighted by molar-refractivity contribution is 5.84. The minimum Gasteiger partial charge on any atom is -0.480 e. The Balaban J connectivity index is 2.73. The van der Waals surface area contributed by atoms with Gasteiger partial charge < -0.3 is 14.9 Å². The van der Waals surface area contributed by atoms with E-state index in [4.69, 9.17) is 10.2 Å². The fourth-order valence-corrected chi connectivity index (χ4v) is 2.01. The highest BCUT2D eigenvalue weighted by Crippen LogP contribution is 2.33. The molecule has 1 fully saturated rings. The van der Waals surface area contributed by atoms with E-state index in [1.165, 1.54) is 6.92 Å². The summed E-state index contributed by atoms with van der Waals surface area (Å²) in [5.74, 6) is -1.83. The van der Waals surface area contributed by atoms with E-state index in [0.717, 1.165) is 4.90 Å². The number of rotatable bonds is 4. The van der Waals surface area contributed by atoms with Crippen molar-refractivity contribution in [3.8, 4) is 0 Å². The molecule has 1 rings (SSSR count). The number of amides is 1. The van der Waals surface area contributed by atoms with Crippen LogP contribution < -0.4 is 0 Å². The second-order valence-electron chi connectivity index (χ2n) is 4.14. The quantitative estimate of drug-likeness (QED) is 0.782. The number of ether oxygens (including phenoxy) is 1. The van der Waals surface area contributed by atoms with Gasteiger partial charge in [-0.1, -0.05) is 0 Å². The van der Waals surface area contributed by atoms with Crippen LogP contribution in [0.3, 0.4) is 0 Å². The van der Waals surface area contributed by atoms with Crippen molar-refractivity contribution < 1.29 is 33.3 Å². The molecule has 6 nitrogen and oxygen atoms in total. The maximum atomic E-state index is 11.8. The maximum Gasteiger partial charge on any atom is 0.408 e. The van der Waals surface area contributed by atoms with E-state index in [-0.39, 0.29) is 19.6 Å². The molecule has 0 saturated carbocycles. The molecule has 0 bridgehead atoms. The number of hydrogen-bond donors (Lipinski definition) is 2. The van der Waals surface area contributed by atoms with Crippen LogP contribution in [0.5, 0.6) is 0 Å². The van der Waals surface area contributed by atoms with Gasteiger partial charge in [0.2, 0.25) is 0 Å². The van der Waals surface area contributed by atoms with Crippen LogP contribution in [0.4, 0.5) is 13.6 Å². The second-order valence-corrected chi connectivity index (χ2v) is 4.14. The lowest BCUT2D eigenvalue weighted by Crippen LogP contribution is -2.50. The number of halogens is 2. The third kappa shape index (κ3) is 2.82. The van der Waals surface area contributed by atoms with Crippen molar-refractivity contribution in [3.63, 3.8) is 0 Å². The van der Waals surface area contributed by atoms with Gasteiger partial charge in [-0.3, -0.25) is 4.90 Å². The van der Waals surface area contributed by atoms with Crippen LogP contribution in [0.2, 0.25) is 0 Å². The maximum absolute atomic E-state index is 11.8. The summed E-state index contributed by atoms with van der Waals surface area (Å²) in [4.78, 5) is 22.7. The van der Waals surface area contributed by atoms with Crippen molar-refractivity contribution in [1.29, 1.82) is 0 Å². The number of alkyl halides is 2. The molecule has 0 aromatic rings. The molecule has 0 radical (unpaired) electrons. The van der Waals surface area contributed by atoms with Crippen LogP contribution in [0.1, 0.15) is 13.3 Å². The van der Waals surface area contributed by atoms with E-state index in [0.29, 0.717) is 0 Å². The SMILES string of the molecule is CC1(C(=O)O)CC(COC(F)F)CN1C(=O)O. The molecule has 1 saturated heterocycles. The zero-order valence-corrected chi connectivity index (χ0v) is 9.10. The molecule has 0 aromatic carbocycles. The fraction of sp³-hybridized carbons (Fsp3) is 0.778. The highest BCUT2D eigenvalue weighted by Gasteiger charge is 2.50. The van der Waals surface area contributed by atoms with Gasteiger partial charge in [-0.05, 0) is 13.3 Å². The number of carboxylic acids is 1. The normalized spacial score (nSPS) is 28.7. The Labute approximate surface area is 95.8 Å². The fourth-order valence-electron chi connectivity index (χ4n) is 2.01. The number of nitrogens with zero attached hydrogens (tertiary/aromatic N) is 1. The monoisotopic (exact) mass is 253 g/mol. The van der Waals surface area contributed by atoms with Gasteiger partial charge in [0.15, 0.2) is 0 Å². The summed E-state index contributed by atoms with van der Waals surface area (Å²) in [5.41, 5.74) is -1.58. The van der Waals surface area contributed by atoms with Crippen LogP contribution in [0.15, 0.2) is 0 Å². The lowest BCUT2D eigenvalue weighted by atomic mass is 9.95. The van der Waals surface area contributed by atoms with Gasteiger partial charge in [-0.2, -0.15) is 8.78 Å². The summed E-state index contributed by atoms with van der Waals surface area (Å²) in [7, 11) is 0. The van der Waals surface area contributed by atoms with Crippen LogP contribution in [-0.2, 0) is 9.53 Å². The van der Waals surface area contributed by atoms with Crippen molar-refractivity contribution in [1.82, 2.24) is 4.90 Å². The summed E-state index contributed by atoms with van der Waals surface area (Å²) < 4.78 is 27.7. The Morgan fingerprint density at radius 3 is 2.47 bits per heavy atom. The Kier molecular flexibility index (Phi) is 3.87. The Bertz CT molecular complexity index is 325. The van der Waals surface area contributed by atoms with E-state index in [9.17, 15) is 18.4 Å². The topological polar surface area (TPSA) is 87.1 Å². The predicted molar refractivity (Wildman–Crippen MR) is 50.8 cm³/mol. The minimum atomic E-state index is -2.94. The van der Waals surface area contributed by atoms with Crippen molar-refractivity contribution in [2.24, 2.45) is 5.92 Å². The van der Waals surface area contributed by atoms with E-state index in [2.05, 4.69) is 4.74 Å². The zero-order valence-electron chi connectivity index (χ0n) is 9.10. The Hall–Kier alpha value is -1.44. The first kappa shape index (κ1) is 13.6. The third-order valence-corrected chi connectivity index (χ3v) is 2.87. The number of likely N-dealkylation sites (tertiary alicyclic amines) is 1. The molecule has 1 aliphatic rings. The Morgan fingerprint density at radius 1 is 1.53 bits per heavy atom. The summed E-state index contributed by atoms with van der Waals surface area (Å²) in [6, 6.07) is 0. The molecule has 1 aliphatic heterocycles. The molecule has 2 unspecified atom stereocenters. The molecule has 0 spiro atoms. The average Bonchev–Trinajstić information content (AvgIpc) is 2.54. The van der Waals surface area contributed by atoms with Crippen LogP contribution in [0, 0.1) is 5.92 Å². The first-order chi connectivity index (χ1) is 7.77. The van der Waals surface area contributed by atoms with E-state index in [1.807, 2.05) is 0 Å². The summed E-state index contributed by atoms with van der Waals surface area (Å²) in [6.45, 7) is -2.16. The summed E-state index contributed by atoms with van der Waals surface area (Å²) >= 11 is 0. The van der Waals surface area contributed by atoms with Gasteiger partial charge in [0.25, 0.3) is 0 Å². The molecule has 1 heterocycles. The third-order valence-electron chi connectivity index (χ3n) is 2.87. The average molecular weight is 253 g/mol. The molecule has 1 amide bonds. The first-order valence-corrected chi connectivity index (χ1v) is 4.91. The second kappa shape index (κ2) is 4.82. The molecule has 0 aromatic heterocycles. The summed E-state index contributed by atoms with van der Waals surface area (Å²) in [6.07, 6.45) is -1.42. The van der Waals surface area contributed by atoms with Gasteiger partial charge in [-0.15, -0.1) is 0 Å². The summed E-state index contributed by atoms with van der Waals surface area (Å²) in [5, 5.41) is 17.9. The highest BCUT2D eigenvalue weighted by atomic mass is 19.3. The Morgan fingerprint density at radius 2 is 2.12 bits per heavy atom. The number of carboxylic acid groups (broad SMARTS) is 2. The molecule has 98 valence electrons. The van der Waals surface area contributed by atoms with Gasteiger partial charge in [-0.25, -0.2) is 9.59 Å². The molecule has 2 atom stereocenters. The number of hydrogen-bond acceptors (Lipinski definition) is 3. The number of aliphatic carboxylic acids is 1. The minimum absolute atomic E-state index is 0.0403. The molecular weight excluding hydrogens is 240 g/mol. The standard InChI is InChI=1S/C9H13F2NO5/c1-9(6(13)14)2-5(4-17-7(10)11)3-12(9)8(15)16/h5,7H,2-4H2,1H3,(H,13,14)(H,15,16). The molecular formula is C9H13F2NO5. The van der Waals surface area contributed by atoms with Gasteiger partial charge >= 0.3 is 18.7 Å². The number of carbonyl (C=O) groups is 2. The van der Waals surface area contributed by atoms with Crippen molar-refractivity contribution in [2.45, 2.75) is 25.5 Å². The van der Waals surface area contributed by atoms with E-state index >= 15 is 0 Å². The molecule has 2 N–H and O–H groups in total. The van der Waals surface area contributed by atoms with Gasteiger partial charge in [0.1, 0.15) is 5.54 Å². The van der Waals surface area contributed by atoms with Gasteiger partial charge in [0, 0.05) is 12.5 Å². The first-order valence-electron chi connectivity index (χ1n) is 4.91. The van der Waals surface area contributed by atoms with E-state index in [1.54, 1.807) is 0 Å². The van der Waals surface area contributed by atoms with Crippen LogP contribution in [0.25, 0.3) is 0 Å². The van der Waals surface area contributed by atoms with Crippen molar-refractivity contribution in [2.75, 3.05) is 13.2 Å². The predicted octanol–water partition coefficient (Wildman–Crippen LogP) is 1.07. The molecule has 0 aliphatic carbocycles. The molecule has 17 heavy (non-hydrogen) atoms. The van der Waals surface area contributed by atoms with Gasteiger partial charge in [0.05, 0.1) is 6.61 Å². The lowest BCUT2D eigenvalue weighted by Gasteiger charge is -2.28. The van der Waals surface area contributed by atoms with Crippen molar-refractivity contribution in [3.05, 3.63) is 0 Å². The van der Waals surface area contributed by atoms with Crippen molar-refractivity contribution >= 4 is 12.1 Å². The van der Waals surface area contributed by atoms with Crippen LogP contribution in [-0.4, -0.2) is 52.5 Å². The lowest BCUT2D eigenvalue weighted by molar-refractivity contribution is -0.147.